The van der Waals surface area contributed by atoms with Crippen LogP contribution in [0.25, 0.3) is 0 Å². The van der Waals surface area contributed by atoms with Crippen LogP contribution in [0, 0.1) is 0 Å². The highest BCUT2D eigenvalue weighted by Crippen LogP contribution is 2.13. The lowest BCUT2D eigenvalue weighted by atomic mass is 10.2. The van der Waals surface area contributed by atoms with E-state index < -0.39 is 0 Å². The Balaban J connectivity index is 2.41. The van der Waals surface area contributed by atoms with Gasteiger partial charge >= 0.3 is 0 Å². The van der Waals surface area contributed by atoms with Gasteiger partial charge in [0, 0.05) is 17.3 Å². The number of halogens is 1. The predicted octanol–water partition coefficient (Wildman–Crippen LogP) is 2.52. The monoisotopic (exact) mass is 199 g/mol. The summed E-state index contributed by atoms with van der Waals surface area (Å²) in [6.45, 7) is 2.53. The van der Waals surface area contributed by atoms with Crippen molar-refractivity contribution in [3.05, 3.63) is 29.3 Å². The highest BCUT2D eigenvalue weighted by Gasteiger charge is 1.99. The molecule has 0 spiro atoms. The van der Waals surface area contributed by atoms with E-state index in [4.69, 9.17) is 11.6 Å². The van der Waals surface area contributed by atoms with Gasteiger partial charge in [0.05, 0.1) is 6.10 Å². The summed E-state index contributed by atoms with van der Waals surface area (Å²) in [5, 5.41) is 13.1. The van der Waals surface area contributed by atoms with Gasteiger partial charge in [-0.3, -0.25) is 0 Å². The second-order valence-electron chi connectivity index (χ2n) is 2.95. The number of rotatable bonds is 4. The topological polar surface area (TPSA) is 32.3 Å². The van der Waals surface area contributed by atoms with Crippen LogP contribution in [0.3, 0.4) is 0 Å². The van der Waals surface area contributed by atoms with Crippen molar-refractivity contribution in [1.82, 2.24) is 0 Å². The molecule has 1 aromatic carbocycles. The summed E-state index contributed by atoms with van der Waals surface area (Å²) in [6, 6.07) is 7.43. The molecule has 0 radical (unpaired) electrons. The lowest BCUT2D eigenvalue weighted by Crippen LogP contribution is -2.17. The lowest BCUT2D eigenvalue weighted by Gasteiger charge is -2.10. The van der Waals surface area contributed by atoms with Crippen LogP contribution in [0.4, 0.5) is 5.69 Å². The summed E-state index contributed by atoms with van der Waals surface area (Å²) in [7, 11) is 0. The predicted molar refractivity (Wildman–Crippen MR) is 56.2 cm³/mol. The Hall–Kier alpha value is -0.730. The molecule has 0 bridgehead atoms. The number of nitrogens with one attached hydrogen (secondary N) is 1. The molecule has 0 aliphatic carbocycles. The normalized spacial score (nSPS) is 12.5. The zero-order valence-electron chi connectivity index (χ0n) is 7.63. The van der Waals surface area contributed by atoms with E-state index in [2.05, 4.69) is 5.32 Å². The average Bonchev–Trinajstić information content (AvgIpc) is 2.16. The van der Waals surface area contributed by atoms with E-state index in [-0.39, 0.29) is 6.10 Å². The highest BCUT2D eigenvalue weighted by atomic mass is 35.5. The molecule has 0 amide bonds. The molecular weight excluding hydrogens is 186 g/mol. The summed E-state index contributed by atoms with van der Waals surface area (Å²) in [4.78, 5) is 0. The molecule has 1 unspecified atom stereocenters. The van der Waals surface area contributed by atoms with Crippen molar-refractivity contribution in [2.75, 3.05) is 11.9 Å². The van der Waals surface area contributed by atoms with Crippen molar-refractivity contribution in [2.45, 2.75) is 19.4 Å². The van der Waals surface area contributed by atoms with Crippen molar-refractivity contribution >= 4 is 17.3 Å². The number of hydrogen-bond donors (Lipinski definition) is 2. The fourth-order valence-corrected chi connectivity index (χ4v) is 1.07. The highest BCUT2D eigenvalue weighted by molar-refractivity contribution is 6.30. The van der Waals surface area contributed by atoms with E-state index >= 15 is 0 Å². The molecule has 0 saturated heterocycles. The van der Waals surface area contributed by atoms with E-state index in [1.54, 1.807) is 0 Å². The second-order valence-corrected chi connectivity index (χ2v) is 3.39. The molecule has 0 heterocycles. The first-order valence-electron chi connectivity index (χ1n) is 4.40. The van der Waals surface area contributed by atoms with Crippen molar-refractivity contribution in [2.24, 2.45) is 0 Å². The van der Waals surface area contributed by atoms with E-state index in [0.717, 1.165) is 17.1 Å². The molecule has 0 aromatic heterocycles. The molecule has 0 aliphatic heterocycles. The van der Waals surface area contributed by atoms with Crippen molar-refractivity contribution in [1.29, 1.82) is 0 Å². The van der Waals surface area contributed by atoms with Gasteiger partial charge < -0.3 is 10.4 Å². The molecule has 72 valence electrons. The van der Waals surface area contributed by atoms with Gasteiger partial charge in [-0.2, -0.15) is 0 Å². The summed E-state index contributed by atoms with van der Waals surface area (Å²) in [5.41, 5.74) is 0.983. The van der Waals surface area contributed by atoms with Crippen LogP contribution >= 0.6 is 11.6 Å². The maximum Gasteiger partial charge on any atom is 0.0709 e. The number of aliphatic hydroxyl groups excluding tert-OH is 1. The Morgan fingerprint density at radius 3 is 2.54 bits per heavy atom. The molecule has 1 atom stereocenters. The molecule has 1 aromatic rings. The third-order valence-electron chi connectivity index (χ3n) is 1.86. The molecule has 1 rings (SSSR count). The standard InChI is InChI=1S/C10H14ClNO/c1-2-10(13)7-12-9-5-3-8(11)4-6-9/h3-6,10,12-13H,2,7H2,1H3. The third-order valence-corrected chi connectivity index (χ3v) is 2.11. The van der Waals surface area contributed by atoms with E-state index in [1.807, 2.05) is 31.2 Å². The van der Waals surface area contributed by atoms with Crippen LogP contribution in [0.1, 0.15) is 13.3 Å². The van der Waals surface area contributed by atoms with Crippen molar-refractivity contribution in [3.8, 4) is 0 Å². The van der Waals surface area contributed by atoms with Crippen LogP contribution in [-0.2, 0) is 0 Å². The first kappa shape index (κ1) is 10.4. The van der Waals surface area contributed by atoms with Gasteiger partial charge in [-0.15, -0.1) is 0 Å². The maximum atomic E-state index is 9.29. The summed E-state index contributed by atoms with van der Waals surface area (Å²) in [6.07, 6.45) is 0.483. The minimum Gasteiger partial charge on any atom is -0.391 e. The SMILES string of the molecule is CCC(O)CNc1ccc(Cl)cc1. The maximum absolute atomic E-state index is 9.29. The van der Waals surface area contributed by atoms with Gasteiger partial charge in [0.25, 0.3) is 0 Å². The molecular formula is C10H14ClNO. The minimum atomic E-state index is -0.282. The Kier molecular flexibility index (Phi) is 4.06. The number of aliphatic hydroxyl groups is 1. The Bertz CT molecular complexity index is 248. The molecule has 0 saturated carbocycles. The van der Waals surface area contributed by atoms with Crippen LogP contribution < -0.4 is 5.32 Å². The number of anilines is 1. The fourth-order valence-electron chi connectivity index (χ4n) is 0.948. The van der Waals surface area contributed by atoms with Crippen LogP contribution in [0.15, 0.2) is 24.3 Å². The zero-order valence-corrected chi connectivity index (χ0v) is 8.38. The minimum absolute atomic E-state index is 0.282. The fraction of sp³-hybridized carbons (Fsp3) is 0.400. The zero-order chi connectivity index (χ0) is 9.68. The average molecular weight is 200 g/mol. The quantitative estimate of drug-likeness (QED) is 0.781. The van der Waals surface area contributed by atoms with Gasteiger partial charge in [0.15, 0.2) is 0 Å². The second kappa shape index (κ2) is 5.10. The van der Waals surface area contributed by atoms with Gasteiger partial charge in [0.2, 0.25) is 0 Å². The molecule has 13 heavy (non-hydrogen) atoms. The van der Waals surface area contributed by atoms with E-state index in [0.29, 0.717) is 6.54 Å². The first-order valence-corrected chi connectivity index (χ1v) is 4.77. The molecule has 0 aliphatic rings. The molecule has 3 heteroatoms. The van der Waals surface area contributed by atoms with Crippen molar-refractivity contribution < 1.29 is 5.11 Å². The Morgan fingerprint density at radius 1 is 1.38 bits per heavy atom. The lowest BCUT2D eigenvalue weighted by molar-refractivity contribution is 0.183. The molecule has 2 N–H and O–H groups in total. The summed E-state index contributed by atoms with van der Waals surface area (Å²) < 4.78 is 0. The number of benzene rings is 1. The molecule has 0 fully saturated rings. The van der Waals surface area contributed by atoms with Crippen molar-refractivity contribution in [3.63, 3.8) is 0 Å². The van der Waals surface area contributed by atoms with Crippen LogP contribution in [0.2, 0.25) is 5.02 Å². The van der Waals surface area contributed by atoms with E-state index in [1.165, 1.54) is 0 Å². The Labute approximate surface area is 83.5 Å². The molecule has 2 nitrogen and oxygen atoms in total. The Morgan fingerprint density at radius 2 is 2.00 bits per heavy atom. The van der Waals surface area contributed by atoms with Crippen LogP contribution in [-0.4, -0.2) is 17.8 Å². The smallest absolute Gasteiger partial charge is 0.0709 e. The van der Waals surface area contributed by atoms with Gasteiger partial charge in [-0.05, 0) is 30.7 Å². The van der Waals surface area contributed by atoms with Gasteiger partial charge in [0.1, 0.15) is 0 Å². The third kappa shape index (κ3) is 3.66. The largest absolute Gasteiger partial charge is 0.391 e. The van der Waals surface area contributed by atoms with Gasteiger partial charge in [-0.25, -0.2) is 0 Å². The summed E-state index contributed by atoms with van der Waals surface area (Å²) in [5.74, 6) is 0. The summed E-state index contributed by atoms with van der Waals surface area (Å²) >= 11 is 5.72. The first-order chi connectivity index (χ1) is 6.22. The van der Waals surface area contributed by atoms with Gasteiger partial charge in [-0.1, -0.05) is 18.5 Å². The number of hydrogen-bond acceptors (Lipinski definition) is 2. The van der Waals surface area contributed by atoms with Crippen LogP contribution in [0.5, 0.6) is 0 Å². The van der Waals surface area contributed by atoms with E-state index in [9.17, 15) is 5.11 Å².